The molecule has 4 rings (SSSR count). The zero-order chi connectivity index (χ0) is 18.8. The molecule has 0 spiro atoms. The molecule has 0 saturated heterocycles. The largest absolute Gasteiger partial charge is 0.293 e. The van der Waals surface area contributed by atoms with Crippen LogP contribution in [0.5, 0.6) is 0 Å². The van der Waals surface area contributed by atoms with Crippen molar-refractivity contribution in [2.45, 2.75) is 12.1 Å². The van der Waals surface area contributed by atoms with E-state index in [4.69, 9.17) is 0 Å². The van der Waals surface area contributed by atoms with E-state index in [2.05, 4.69) is 20.3 Å². The summed E-state index contributed by atoms with van der Waals surface area (Å²) in [7, 11) is 0. The van der Waals surface area contributed by atoms with Gasteiger partial charge in [0.25, 0.3) is 11.3 Å². The van der Waals surface area contributed by atoms with E-state index in [0.717, 1.165) is 5.56 Å². The van der Waals surface area contributed by atoms with Gasteiger partial charge in [-0.15, -0.1) is 10.2 Å². The van der Waals surface area contributed by atoms with Crippen molar-refractivity contribution in [1.82, 2.24) is 24.8 Å². The van der Waals surface area contributed by atoms with Crippen molar-refractivity contribution in [2.75, 3.05) is 5.75 Å². The van der Waals surface area contributed by atoms with Crippen LogP contribution >= 0.6 is 11.8 Å². The van der Waals surface area contributed by atoms with E-state index in [9.17, 15) is 9.59 Å². The summed E-state index contributed by atoms with van der Waals surface area (Å²) in [5.41, 5.74) is 2.37. The Labute approximate surface area is 158 Å². The molecule has 134 valence electrons. The van der Waals surface area contributed by atoms with Crippen LogP contribution in [0, 0.1) is 6.92 Å². The second kappa shape index (κ2) is 7.16. The topological polar surface area (TPSA) is 93.0 Å². The molecular weight excluding hydrogens is 362 g/mol. The number of carbonyl (C=O) groups excluding carboxylic acids is 1. The molecule has 2 aromatic heterocycles. The van der Waals surface area contributed by atoms with Gasteiger partial charge in [0, 0.05) is 11.1 Å². The van der Waals surface area contributed by atoms with Gasteiger partial charge in [0.2, 0.25) is 5.16 Å². The first-order chi connectivity index (χ1) is 13.1. The summed E-state index contributed by atoms with van der Waals surface area (Å²) in [5.74, 6) is 0.428. The lowest BCUT2D eigenvalue weighted by atomic mass is 10.1. The molecule has 7 nitrogen and oxygen atoms in total. The third-order valence-corrected chi connectivity index (χ3v) is 4.92. The zero-order valence-corrected chi connectivity index (χ0v) is 15.2. The van der Waals surface area contributed by atoms with Crippen molar-refractivity contribution in [3.63, 3.8) is 0 Å². The molecule has 0 fully saturated rings. The second-order valence-corrected chi connectivity index (χ2v) is 6.91. The number of nitrogens with zero attached hydrogens (tertiary/aromatic N) is 4. The number of aromatic amines is 1. The van der Waals surface area contributed by atoms with Crippen LogP contribution in [-0.4, -0.2) is 36.3 Å². The number of aryl methyl sites for hydroxylation is 1. The summed E-state index contributed by atoms with van der Waals surface area (Å²) in [6.07, 6.45) is 0. The zero-order valence-electron chi connectivity index (χ0n) is 14.4. The highest BCUT2D eigenvalue weighted by molar-refractivity contribution is 7.99. The number of aromatic nitrogens is 5. The minimum absolute atomic E-state index is 0.0134. The lowest BCUT2D eigenvalue weighted by Crippen LogP contribution is -2.15. The number of H-pyrrole nitrogens is 1. The van der Waals surface area contributed by atoms with Gasteiger partial charge in [0.15, 0.2) is 11.5 Å². The van der Waals surface area contributed by atoms with Crippen LogP contribution in [0.15, 0.2) is 64.5 Å². The molecule has 0 bridgehead atoms. The number of fused-ring (bicyclic) bond motifs is 1. The summed E-state index contributed by atoms with van der Waals surface area (Å²) < 4.78 is 1.46. The van der Waals surface area contributed by atoms with E-state index < -0.39 is 0 Å². The number of Topliss-reactive ketones (excluding diaryl/α,β-unsaturated/α-hetero) is 1. The number of hydrogen-bond donors (Lipinski definition) is 1. The molecule has 0 atom stereocenters. The number of ketones is 1. The first-order valence-electron chi connectivity index (χ1n) is 8.25. The molecule has 8 heteroatoms. The Morgan fingerprint density at radius 1 is 1.07 bits per heavy atom. The average molecular weight is 377 g/mol. The van der Waals surface area contributed by atoms with Crippen molar-refractivity contribution in [2.24, 2.45) is 0 Å². The van der Waals surface area contributed by atoms with Crippen molar-refractivity contribution >= 4 is 23.3 Å². The molecule has 0 aliphatic carbocycles. The number of carbonyl (C=O) groups is 1. The maximum atomic E-state index is 12.3. The Bertz CT molecular complexity index is 1170. The fourth-order valence-corrected chi connectivity index (χ4v) is 3.34. The maximum absolute atomic E-state index is 12.3. The number of thioether (sulfide) groups is 1. The van der Waals surface area contributed by atoms with E-state index in [0.29, 0.717) is 16.3 Å². The molecule has 0 aliphatic rings. The predicted octanol–water partition coefficient (Wildman–Crippen LogP) is 2.76. The SMILES string of the molecule is Cc1ccc(-c2nn3c(SCC(=O)c4ccccc4)nnc3[nH]c2=O)cc1. The Morgan fingerprint density at radius 2 is 1.81 bits per heavy atom. The van der Waals surface area contributed by atoms with Crippen LogP contribution in [0.2, 0.25) is 0 Å². The van der Waals surface area contributed by atoms with E-state index in [1.807, 2.05) is 49.4 Å². The monoisotopic (exact) mass is 377 g/mol. The van der Waals surface area contributed by atoms with Gasteiger partial charge in [-0.25, -0.2) is 0 Å². The van der Waals surface area contributed by atoms with Gasteiger partial charge in [-0.2, -0.15) is 9.61 Å². The summed E-state index contributed by atoms with van der Waals surface area (Å²) in [5, 5.41) is 12.8. The molecule has 4 aromatic rings. The average Bonchev–Trinajstić information content (AvgIpc) is 3.08. The molecule has 1 N–H and O–H groups in total. The van der Waals surface area contributed by atoms with Crippen LogP contribution in [0.4, 0.5) is 0 Å². The number of nitrogens with one attached hydrogen (secondary N) is 1. The maximum Gasteiger partial charge on any atom is 0.279 e. The van der Waals surface area contributed by atoms with Crippen LogP contribution < -0.4 is 5.56 Å². The molecule has 27 heavy (non-hydrogen) atoms. The van der Waals surface area contributed by atoms with Gasteiger partial charge in [0.1, 0.15) is 0 Å². The minimum atomic E-state index is -0.337. The summed E-state index contributed by atoms with van der Waals surface area (Å²) in [6.45, 7) is 1.98. The van der Waals surface area contributed by atoms with Crippen molar-refractivity contribution < 1.29 is 4.79 Å². The third-order valence-electron chi connectivity index (χ3n) is 4.01. The first kappa shape index (κ1) is 17.2. The second-order valence-electron chi connectivity index (χ2n) is 5.96. The van der Waals surface area contributed by atoms with Gasteiger partial charge in [0.05, 0.1) is 5.75 Å². The van der Waals surface area contributed by atoms with E-state index in [1.165, 1.54) is 16.3 Å². The quantitative estimate of drug-likeness (QED) is 0.425. The third kappa shape index (κ3) is 3.52. The molecular formula is C19H15N5O2S. The molecule has 2 aromatic carbocycles. The van der Waals surface area contributed by atoms with Gasteiger partial charge < -0.3 is 0 Å². The highest BCUT2D eigenvalue weighted by atomic mass is 32.2. The van der Waals surface area contributed by atoms with Crippen LogP contribution in [-0.2, 0) is 0 Å². The Kier molecular flexibility index (Phi) is 4.55. The first-order valence-corrected chi connectivity index (χ1v) is 9.24. The van der Waals surface area contributed by atoms with Crippen molar-refractivity contribution in [3.8, 4) is 11.3 Å². The summed E-state index contributed by atoms with van der Waals surface area (Å²) in [4.78, 5) is 27.3. The van der Waals surface area contributed by atoms with Crippen molar-refractivity contribution in [1.29, 1.82) is 0 Å². The summed E-state index contributed by atoms with van der Waals surface area (Å²) in [6, 6.07) is 16.6. The predicted molar refractivity (Wildman–Crippen MR) is 103 cm³/mol. The standard InChI is InChI=1S/C19H15N5O2S/c1-12-7-9-14(10-8-12)16-17(26)20-18-21-22-19(24(18)23-16)27-11-15(25)13-5-3-2-4-6-13/h2-10H,11H2,1H3,(H,20,21,26). The van der Waals surface area contributed by atoms with Gasteiger partial charge >= 0.3 is 0 Å². The molecule has 0 saturated carbocycles. The smallest absolute Gasteiger partial charge is 0.279 e. The lowest BCUT2D eigenvalue weighted by molar-refractivity contribution is 0.102. The summed E-state index contributed by atoms with van der Waals surface area (Å²) >= 11 is 1.23. The number of hydrogen-bond acceptors (Lipinski definition) is 6. The fourth-order valence-electron chi connectivity index (χ4n) is 2.57. The Hall–Kier alpha value is -3.26. The number of benzene rings is 2. The molecule has 2 heterocycles. The van der Waals surface area contributed by atoms with E-state index in [-0.39, 0.29) is 28.6 Å². The van der Waals surface area contributed by atoms with Gasteiger partial charge in [-0.05, 0) is 6.92 Å². The number of rotatable bonds is 5. The van der Waals surface area contributed by atoms with Crippen molar-refractivity contribution in [3.05, 3.63) is 76.1 Å². The highest BCUT2D eigenvalue weighted by Crippen LogP contribution is 2.19. The Balaban J connectivity index is 1.64. The molecule has 0 amide bonds. The lowest BCUT2D eigenvalue weighted by Gasteiger charge is -2.03. The Morgan fingerprint density at radius 3 is 2.56 bits per heavy atom. The normalized spacial score (nSPS) is 11.0. The van der Waals surface area contributed by atoms with Crippen LogP contribution in [0.3, 0.4) is 0 Å². The van der Waals surface area contributed by atoms with Crippen LogP contribution in [0.25, 0.3) is 17.0 Å². The molecule has 0 radical (unpaired) electrons. The molecule has 0 aliphatic heterocycles. The van der Waals surface area contributed by atoms with Crippen LogP contribution in [0.1, 0.15) is 15.9 Å². The highest BCUT2D eigenvalue weighted by Gasteiger charge is 2.15. The molecule has 0 unspecified atom stereocenters. The van der Waals surface area contributed by atoms with Gasteiger partial charge in [-0.1, -0.05) is 71.9 Å². The van der Waals surface area contributed by atoms with E-state index in [1.54, 1.807) is 12.1 Å². The van der Waals surface area contributed by atoms with E-state index >= 15 is 0 Å². The fraction of sp³-hybridized carbons (Fsp3) is 0.105. The minimum Gasteiger partial charge on any atom is -0.293 e. The van der Waals surface area contributed by atoms with Gasteiger partial charge in [-0.3, -0.25) is 14.6 Å².